The van der Waals surface area contributed by atoms with E-state index in [9.17, 15) is 4.79 Å². The number of pyridine rings is 1. The molecule has 1 heterocycles. The SMILES string of the molecule is Cc1cc(C(=O)NCCOCCO)ccn1. The second-order valence-electron chi connectivity index (χ2n) is 3.28. The minimum absolute atomic E-state index is 0.00248. The standard InChI is InChI=1S/C11H16N2O3/c1-9-8-10(2-3-12-9)11(15)13-4-6-16-7-5-14/h2-3,8,14H,4-7H2,1H3,(H,13,15). The van der Waals surface area contributed by atoms with Crippen molar-refractivity contribution in [2.24, 2.45) is 0 Å². The van der Waals surface area contributed by atoms with E-state index in [1.54, 1.807) is 18.3 Å². The van der Waals surface area contributed by atoms with Crippen molar-refractivity contribution in [1.82, 2.24) is 10.3 Å². The predicted molar refractivity (Wildman–Crippen MR) is 59.2 cm³/mol. The number of nitrogens with zero attached hydrogens (tertiary/aromatic N) is 1. The molecule has 5 heteroatoms. The molecule has 0 unspecified atom stereocenters. The largest absolute Gasteiger partial charge is 0.394 e. The molecule has 88 valence electrons. The van der Waals surface area contributed by atoms with Gasteiger partial charge in [0.1, 0.15) is 0 Å². The van der Waals surface area contributed by atoms with Gasteiger partial charge in [-0.25, -0.2) is 0 Å². The van der Waals surface area contributed by atoms with Gasteiger partial charge in [-0.15, -0.1) is 0 Å². The van der Waals surface area contributed by atoms with E-state index in [2.05, 4.69) is 10.3 Å². The van der Waals surface area contributed by atoms with Gasteiger partial charge in [0.25, 0.3) is 5.91 Å². The summed E-state index contributed by atoms with van der Waals surface area (Å²) in [6.07, 6.45) is 1.60. The summed E-state index contributed by atoms with van der Waals surface area (Å²) in [5, 5.41) is 11.2. The number of carbonyl (C=O) groups is 1. The zero-order valence-corrected chi connectivity index (χ0v) is 9.27. The summed E-state index contributed by atoms with van der Waals surface area (Å²) in [5.41, 5.74) is 1.40. The van der Waals surface area contributed by atoms with E-state index in [1.807, 2.05) is 6.92 Å². The highest BCUT2D eigenvalue weighted by Gasteiger charge is 2.04. The van der Waals surface area contributed by atoms with Crippen LogP contribution in [0.1, 0.15) is 16.1 Å². The van der Waals surface area contributed by atoms with Crippen molar-refractivity contribution < 1.29 is 14.6 Å². The molecule has 0 fully saturated rings. The molecule has 0 saturated heterocycles. The fraction of sp³-hybridized carbons (Fsp3) is 0.455. The van der Waals surface area contributed by atoms with Gasteiger partial charge < -0.3 is 15.2 Å². The highest BCUT2D eigenvalue weighted by molar-refractivity contribution is 5.94. The molecule has 1 aromatic rings. The maximum absolute atomic E-state index is 11.6. The molecule has 0 radical (unpaired) electrons. The topological polar surface area (TPSA) is 71.5 Å². The quantitative estimate of drug-likeness (QED) is 0.674. The van der Waals surface area contributed by atoms with Crippen LogP contribution >= 0.6 is 0 Å². The predicted octanol–water partition coefficient (Wildman–Crippen LogP) is 0.129. The third-order valence-corrected chi connectivity index (χ3v) is 1.93. The number of carbonyl (C=O) groups excluding carboxylic acids is 1. The molecule has 16 heavy (non-hydrogen) atoms. The smallest absolute Gasteiger partial charge is 0.251 e. The first kappa shape index (κ1) is 12.6. The number of amides is 1. The lowest BCUT2D eigenvalue weighted by atomic mass is 10.2. The lowest BCUT2D eigenvalue weighted by Gasteiger charge is -2.05. The van der Waals surface area contributed by atoms with Gasteiger partial charge in [-0.3, -0.25) is 9.78 Å². The number of hydrogen-bond donors (Lipinski definition) is 2. The van der Waals surface area contributed by atoms with Crippen molar-refractivity contribution in [1.29, 1.82) is 0 Å². The van der Waals surface area contributed by atoms with Crippen molar-refractivity contribution in [3.05, 3.63) is 29.6 Å². The number of aliphatic hydroxyl groups excluding tert-OH is 1. The summed E-state index contributed by atoms with van der Waals surface area (Å²) in [4.78, 5) is 15.6. The van der Waals surface area contributed by atoms with Gasteiger partial charge >= 0.3 is 0 Å². The number of hydrogen-bond acceptors (Lipinski definition) is 4. The first-order chi connectivity index (χ1) is 7.74. The van der Waals surface area contributed by atoms with Crippen LogP contribution in [-0.4, -0.2) is 42.4 Å². The summed E-state index contributed by atoms with van der Waals surface area (Å²) < 4.78 is 5.02. The van der Waals surface area contributed by atoms with Crippen LogP contribution in [0.2, 0.25) is 0 Å². The Kier molecular flexibility index (Phi) is 5.45. The zero-order chi connectivity index (χ0) is 11.8. The molecular formula is C11H16N2O3. The summed E-state index contributed by atoms with van der Waals surface area (Å²) in [6, 6.07) is 3.39. The van der Waals surface area contributed by atoms with Crippen LogP contribution in [0.25, 0.3) is 0 Å². The third kappa shape index (κ3) is 4.37. The summed E-state index contributed by atoms with van der Waals surface area (Å²) in [7, 11) is 0. The molecule has 1 rings (SSSR count). The van der Waals surface area contributed by atoms with Gasteiger partial charge in [0.2, 0.25) is 0 Å². The van der Waals surface area contributed by atoms with Gasteiger partial charge in [-0.05, 0) is 19.1 Å². The number of ether oxygens (including phenoxy) is 1. The van der Waals surface area contributed by atoms with Crippen LogP contribution < -0.4 is 5.32 Å². The van der Waals surface area contributed by atoms with Crippen LogP contribution in [-0.2, 0) is 4.74 Å². The number of aliphatic hydroxyl groups is 1. The summed E-state index contributed by atoms with van der Waals surface area (Å²) >= 11 is 0. The third-order valence-electron chi connectivity index (χ3n) is 1.93. The lowest BCUT2D eigenvalue weighted by molar-refractivity contribution is 0.0838. The lowest BCUT2D eigenvalue weighted by Crippen LogP contribution is -2.27. The van der Waals surface area contributed by atoms with E-state index < -0.39 is 0 Å². The molecule has 0 aliphatic carbocycles. The molecule has 0 aliphatic rings. The van der Waals surface area contributed by atoms with Crippen molar-refractivity contribution in [2.45, 2.75) is 6.92 Å². The maximum Gasteiger partial charge on any atom is 0.251 e. The van der Waals surface area contributed by atoms with Gasteiger partial charge in [-0.2, -0.15) is 0 Å². The Morgan fingerprint density at radius 3 is 3.06 bits per heavy atom. The van der Waals surface area contributed by atoms with Crippen molar-refractivity contribution in [3.63, 3.8) is 0 Å². The molecular weight excluding hydrogens is 208 g/mol. The fourth-order valence-electron chi connectivity index (χ4n) is 1.19. The number of nitrogens with one attached hydrogen (secondary N) is 1. The monoisotopic (exact) mass is 224 g/mol. The zero-order valence-electron chi connectivity index (χ0n) is 9.27. The van der Waals surface area contributed by atoms with Crippen LogP contribution in [0.5, 0.6) is 0 Å². The van der Waals surface area contributed by atoms with Gasteiger partial charge in [0.05, 0.1) is 19.8 Å². The van der Waals surface area contributed by atoms with E-state index in [4.69, 9.17) is 9.84 Å². The molecule has 0 saturated carbocycles. The van der Waals surface area contributed by atoms with Crippen molar-refractivity contribution >= 4 is 5.91 Å². The normalized spacial score (nSPS) is 10.1. The Morgan fingerprint density at radius 2 is 2.38 bits per heavy atom. The van der Waals surface area contributed by atoms with E-state index >= 15 is 0 Å². The second-order valence-corrected chi connectivity index (χ2v) is 3.28. The van der Waals surface area contributed by atoms with Crippen LogP contribution in [0.3, 0.4) is 0 Å². The molecule has 2 N–H and O–H groups in total. The van der Waals surface area contributed by atoms with Crippen LogP contribution in [0.15, 0.2) is 18.3 Å². The van der Waals surface area contributed by atoms with Crippen molar-refractivity contribution in [2.75, 3.05) is 26.4 Å². The van der Waals surface area contributed by atoms with Crippen LogP contribution in [0, 0.1) is 6.92 Å². The average molecular weight is 224 g/mol. The Labute approximate surface area is 94.5 Å². The van der Waals surface area contributed by atoms with Gasteiger partial charge in [0.15, 0.2) is 0 Å². The first-order valence-corrected chi connectivity index (χ1v) is 5.13. The summed E-state index contributed by atoms with van der Waals surface area (Å²) in [5.74, 6) is -0.141. The number of aromatic nitrogens is 1. The second kappa shape index (κ2) is 6.92. The Bertz CT molecular complexity index is 342. The highest BCUT2D eigenvalue weighted by atomic mass is 16.5. The Morgan fingerprint density at radius 1 is 1.56 bits per heavy atom. The van der Waals surface area contributed by atoms with Crippen LogP contribution in [0.4, 0.5) is 0 Å². The summed E-state index contributed by atoms with van der Waals surface area (Å²) in [6.45, 7) is 2.96. The van der Waals surface area contributed by atoms with Gasteiger partial charge in [-0.1, -0.05) is 0 Å². The fourth-order valence-corrected chi connectivity index (χ4v) is 1.19. The van der Waals surface area contributed by atoms with E-state index in [-0.39, 0.29) is 12.5 Å². The molecule has 0 atom stereocenters. The molecule has 0 aromatic carbocycles. The average Bonchev–Trinajstić information content (AvgIpc) is 2.28. The molecule has 1 aromatic heterocycles. The highest BCUT2D eigenvalue weighted by Crippen LogP contribution is 1.99. The number of rotatable bonds is 6. The molecule has 1 amide bonds. The van der Waals surface area contributed by atoms with E-state index in [1.165, 1.54) is 0 Å². The maximum atomic E-state index is 11.6. The first-order valence-electron chi connectivity index (χ1n) is 5.13. The number of aryl methyl sites for hydroxylation is 1. The molecule has 0 bridgehead atoms. The molecule has 0 aliphatic heterocycles. The van der Waals surface area contributed by atoms with Gasteiger partial charge in [0, 0.05) is 24.0 Å². The van der Waals surface area contributed by atoms with Crippen molar-refractivity contribution in [3.8, 4) is 0 Å². The molecule has 5 nitrogen and oxygen atoms in total. The minimum atomic E-state index is -0.141. The van der Waals surface area contributed by atoms with E-state index in [0.29, 0.717) is 25.3 Å². The van der Waals surface area contributed by atoms with E-state index in [0.717, 1.165) is 5.69 Å². The Hall–Kier alpha value is -1.46. The molecule has 0 spiro atoms. The Balaban J connectivity index is 2.30. The minimum Gasteiger partial charge on any atom is -0.394 e.